The number of anilines is 2. The van der Waals surface area contributed by atoms with Crippen molar-refractivity contribution in [2.75, 3.05) is 10.6 Å². The molecule has 0 fully saturated rings. The molecule has 0 saturated carbocycles. The molecule has 2 N–H and O–H groups in total. The van der Waals surface area contributed by atoms with Gasteiger partial charge in [-0.2, -0.15) is 5.10 Å². The highest BCUT2D eigenvalue weighted by Gasteiger charge is 2.17. The molecular weight excluding hydrogens is 384 g/mol. The Bertz CT molecular complexity index is 1120. The fourth-order valence-electron chi connectivity index (χ4n) is 3.44. The van der Waals surface area contributed by atoms with Crippen LogP contribution in [0.15, 0.2) is 53.6 Å². The zero-order valence-corrected chi connectivity index (χ0v) is 16.4. The molecule has 4 rings (SSSR count). The Hall–Kier alpha value is -3.75. The van der Waals surface area contributed by atoms with Crippen molar-refractivity contribution in [2.24, 2.45) is 0 Å². The first-order valence-electron chi connectivity index (χ1n) is 9.88. The summed E-state index contributed by atoms with van der Waals surface area (Å²) < 4.78 is 2.86. The van der Waals surface area contributed by atoms with Gasteiger partial charge >= 0.3 is 5.69 Å². The first-order chi connectivity index (χ1) is 14.6. The number of aryl methyl sites for hydroxylation is 1. The van der Waals surface area contributed by atoms with E-state index in [1.54, 1.807) is 53.4 Å². The van der Waals surface area contributed by atoms with Crippen molar-refractivity contribution in [3.05, 3.63) is 70.7 Å². The van der Waals surface area contributed by atoms with Gasteiger partial charge in [0.2, 0.25) is 5.91 Å². The van der Waals surface area contributed by atoms with Crippen LogP contribution in [0, 0.1) is 0 Å². The number of hydrogen-bond acceptors (Lipinski definition) is 5. The van der Waals surface area contributed by atoms with Gasteiger partial charge in [0.25, 0.3) is 5.91 Å². The fraction of sp³-hybridized carbons (Fsp3) is 0.286. The summed E-state index contributed by atoms with van der Waals surface area (Å²) in [5.41, 5.74) is 1.24. The molecule has 9 heteroatoms. The van der Waals surface area contributed by atoms with E-state index in [9.17, 15) is 14.4 Å². The van der Waals surface area contributed by atoms with Crippen molar-refractivity contribution in [1.29, 1.82) is 0 Å². The van der Waals surface area contributed by atoms with Crippen molar-refractivity contribution < 1.29 is 9.59 Å². The van der Waals surface area contributed by atoms with Gasteiger partial charge in [-0.3, -0.25) is 19.1 Å². The largest absolute Gasteiger partial charge is 0.346 e. The first-order valence-corrected chi connectivity index (χ1v) is 9.88. The maximum Gasteiger partial charge on any atom is 0.346 e. The molecule has 2 aromatic heterocycles. The lowest BCUT2D eigenvalue weighted by atomic mass is 10.2. The monoisotopic (exact) mass is 406 g/mol. The van der Waals surface area contributed by atoms with E-state index in [1.807, 2.05) is 0 Å². The Morgan fingerprint density at radius 2 is 1.83 bits per heavy atom. The van der Waals surface area contributed by atoms with Gasteiger partial charge in [0.15, 0.2) is 0 Å². The molecule has 1 aliphatic rings. The predicted molar refractivity (Wildman–Crippen MR) is 111 cm³/mol. The first kappa shape index (κ1) is 19.6. The van der Waals surface area contributed by atoms with Gasteiger partial charge in [-0.1, -0.05) is 12.5 Å². The van der Waals surface area contributed by atoms with E-state index in [-0.39, 0.29) is 24.0 Å². The van der Waals surface area contributed by atoms with Crippen molar-refractivity contribution in [3.8, 4) is 0 Å². The van der Waals surface area contributed by atoms with E-state index in [2.05, 4.69) is 20.7 Å². The quantitative estimate of drug-likeness (QED) is 0.674. The smallest absolute Gasteiger partial charge is 0.324 e. The minimum Gasteiger partial charge on any atom is -0.324 e. The molecule has 0 aliphatic carbocycles. The normalized spacial score (nSPS) is 13.2. The lowest BCUT2D eigenvalue weighted by Gasteiger charge is -2.08. The zero-order valence-electron chi connectivity index (χ0n) is 16.4. The van der Waals surface area contributed by atoms with Gasteiger partial charge in [-0.15, -0.1) is 0 Å². The molecule has 0 radical (unpaired) electrons. The van der Waals surface area contributed by atoms with Crippen LogP contribution in [0.5, 0.6) is 0 Å². The highest BCUT2D eigenvalue weighted by Crippen LogP contribution is 2.14. The summed E-state index contributed by atoms with van der Waals surface area (Å²) in [6, 6.07) is 9.98. The molecule has 3 aromatic rings. The van der Waals surface area contributed by atoms with E-state index in [4.69, 9.17) is 0 Å². The maximum atomic E-state index is 12.5. The predicted octanol–water partition coefficient (Wildman–Crippen LogP) is 2.06. The molecule has 30 heavy (non-hydrogen) atoms. The summed E-state index contributed by atoms with van der Waals surface area (Å²) in [5, 5.41) is 9.82. The topological polar surface area (TPSA) is 111 Å². The number of carbonyl (C=O) groups is 2. The Morgan fingerprint density at radius 3 is 2.67 bits per heavy atom. The van der Waals surface area contributed by atoms with E-state index in [1.165, 1.54) is 4.68 Å². The number of carbonyl (C=O) groups excluding carboxylic acids is 2. The number of rotatable bonds is 5. The van der Waals surface area contributed by atoms with Gasteiger partial charge in [0.05, 0.1) is 0 Å². The number of pyridine rings is 1. The highest BCUT2D eigenvalue weighted by atomic mass is 16.2. The molecule has 1 aliphatic heterocycles. The lowest BCUT2D eigenvalue weighted by Crippen LogP contribution is -2.30. The third kappa shape index (κ3) is 4.45. The Balaban J connectivity index is 1.42. The Kier molecular flexibility index (Phi) is 5.69. The number of nitrogens with zero attached hydrogens (tertiary/aromatic N) is 4. The Labute approximate surface area is 172 Å². The van der Waals surface area contributed by atoms with Crippen LogP contribution in [-0.4, -0.2) is 31.1 Å². The van der Waals surface area contributed by atoms with Crippen molar-refractivity contribution in [2.45, 2.75) is 38.8 Å². The van der Waals surface area contributed by atoms with Crippen LogP contribution in [0.3, 0.4) is 0 Å². The van der Waals surface area contributed by atoms with Gasteiger partial charge < -0.3 is 10.6 Å². The van der Waals surface area contributed by atoms with Crippen LogP contribution in [-0.2, 0) is 24.3 Å². The standard InChI is InChI=1S/C21H22N6O3/c28-19(14-27-21(30)26-12-3-1-2-7-18(26)25-27)23-17-6-4-5-15(13-17)20(29)24-16-8-10-22-11-9-16/h4-6,8-11,13H,1-3,7,12,14H2,(H,23,28)(H,22,24,29). The summed E-state index contributed by atoms with van der Waals surface area (Å²) >= 11 is 0. The second-order valence-corrected chi connectivity index (χ2v) is 7.14. The minimum atomic E-state index is -0.378. The van der Waals surface area contributed by atoms with Crippen LogP contribution in [0.25, 0.3) is 0 Å². The highest BCUT2D eigenvalue weighted by molar-refractivity contribution is 6.05. The molecule has 0 bridgehead atoms. The molecule has 0 saturated heterocycles. The van der Waals surface area contributed by atoms with Gasteiger partial charge in [0, 0.05) is 42.3 Å². The minimum absolute atomic E-state index is 0.174. The van der Waals surface area contributed by atoms with Crippen LogP contribution in [0.2, 0.25) is 0 Å². The second kappa shape index (κ2) is 8.73. The SMILES string of the molecule is O=C(Cn1nc2n(c1=O)CCCCC2)Nc1cccc(C(=O)Nc2ccncc2)c1. The van der Waals surface area contributed by atoms with Gasteiger partial charge in [-0.25, -0.2) is 9.48 Å². The maximum absolute atomic E-state index is 12.5. The van der Waals surface area contributed by atoms with Gasteiger partial charge in [-0.05, 0) is 43.2 Å². The summed E-state index contributed by atoms with van der Waals surface area (Å²) in [6.45, 7) is 0.469. The summed E-state index contributed by atoms with van der Waals surface area (Å²) in [6.07, 6.45) is 6.94. The lowest BCUT2D eigenvalue weighted by molar-refractivity contribution is -0.117. The second-order valence-electron chi connectivity index (χ2n) is 7.14. The number of aromatic nitrogens is 4. The zero-order chi connectivity index (χ0) is 20.9. The summed E-state index contributed by atoms with van der Waals surface area (Å²) in [7, 11) is 0. The fourth-order valence-corrected chi connectivity index (χ4v) is 3.44. The number of fused-ring (bicyclic) bond motifs is 1. The average molecular weight is 406 g/mol. The Morgan fingerprint density at radius 1 is 1.00 bits per heavy atom. The van der Waals surface area contributed by atoms with Gasteiger partial charge in [0.1, 0.15) is 12.4 Å². The number of hydrogen-bond donors (Lipinski definition) is 2. The van der Waals surface area contributed by atoms with E-state index in [0.717, 1.165) is 31.5 Å². The summed E-state index contributed by atoms with van der Waals surface area (Å²) in [4.78, 5) is 41.3. The van der Waals surface area contributed by atoms with E-state index < -0.39 is 0 Å². The van der Waals surface area contributed by atoms with Crippen LogP contribution < -0.4 is 16.3 Å². The number of nitrogens with one attached hydrogen (secondary N) is 2. The van der Waals surface area contributed by atoms with Crippen LogP contribution >= 0.6 is 0 Å². The third-order valence-electron chi connectivity index (χ3n) is 4.92. The number of amides is 2. The molecule has 154 valence electrons. The van der Waals surface area contributed by atoms with E-state index >= 15 is 0 Å². The number of benzene rings is 1. The molecule has 2 amide bonds. The average Bonchev–Trinajstić information content (AvgIpc) is 2.91. The molecule has 0 spiro atoms. The molecule has 0 unspecified atom stereocenters. The molecule has 0 atom stereocenters. The van der Waals surface area contributed by atoms with Crippen molar-refractivity contribution in [3.63, 3.8) is 0 Å². The molecule has 3 heterocycles. The molecule has 1 aromatic carbocycles. The molecule has 9 nitrogen and oxygen atoms in total. The van der Waals surface area contributed by atoms with Crippen molar-refractivity contribution >= 4 is 23.2 Å². The molecular formula is C21H22N6O3. The van der Waals surface area contributed by atoms with Crippen LogP contribution in [0.4, 0.5) is 11.4 Å². The summed E-state index contributed by atoms with van der Waals surface area (Å²) in [5.74, 6) is 0.0588. The van der Waals surface area contributed by atoms with Crippen molar-refractivity contribution in [1.82, 2.24) is 19.3 Å². The van der Waals surface area contributed by atoms with E-state index in [0.29, 0.717) is 23.5 Å². The third-order valence-corrected chi connectivity index (χ3v) is 4.92. The van der Waals surface area contributed by atoms with Crippen LogP contribution in [0.1, 0.15) is 35.4 Å².